The van der Waals surface area contributed by atoms with Gasteiger partial charge in [0.05, 0.1) is 11.7 Å². The summed E-state index contributed by atoms with van der Waals surface area (Å²) in [4.78, 5) is 11.9. The van der Waals surface area contributed by atoms with Gasteiger partial charge in [0.1, 0.15) is 5.75 Å². The first-order chi connectivity index (χ1) is 9.60. The summed E-state index contributed by atoms with van der Waals surface area (Å²) >= 11 is 0. The Balaban J connectivity index is 2.14. The fourth-order valence-corrected chi connectivity index (χ4v) is 1.79. The molecule has 3 heteroatoms. The lowest BCUT2D eigenvalue weighted by Gasteiger charge is -2.11. The first-order valence-corrected chi connectivity index (χ1v) is 6.70. The summed E-state index contributed by atoms with van der Waals surface area (Å²) in [5.41, 5.74) is 2.53. The van der Waals surface area contributed by atoms with Crippen molar-refractivity contribution >= 4 is 5.97 Å². The van der Waals surface area contributed by atoms with Crippen LogP contribution in [-0.4, -0.2) is 17.2 Å². The number of aromatic hydroxyl groups is 1. The molecule has 0 aliphatic carbocycles. The number of hydrogen-bond acceptors (Lipinski definition) is 3. The molecule has 104 valence electrons. The molecule has 0 saturated heterocycles. The second kappa shape index (κ2) is 6.24. The first kappa shape index (κ1) is 14.1. The summed E-state index contributed by atoms with van der Waals surface area (Å²) in [6.07, 6.45) is 0.733. The molecule has 0 spiro atoms. The van der Waals surface area contributed by atoms with Gasteiger partial charge in [-0.1, -0.05) is 31.2 Å². The van der Waals surface area contributed by atoms with E-state index in [2.05, 4.69) is 0 Å². The largest absolute Gasteiger partial charge is 0.508 e. The lowest BCUT2D eigenvalue weighted by atomic mass is 10.0. The van der Waals surface area contributed by atoms with Gasteiger partial charge in [-0.2, -0.15) is 0 Å². The van der Waals surface area contributed by atoms with Gasteiger partial charge in [0, 0.05) is 0 Å². The van der Waals surface area contributed by atoms with Crippen LogP contribution in [0.3, 0.4) is 0 Å². The Hall–Kier alpha value is -2.29. The van der Waals surface area contributed by atoms with E-state index in [1.54, 1.807) is 24.3 Å². The average molecular weight is 270 g/mol. The van der Waals surface area contributed by atoms with Crippen LogP contribution in [0.1, 0.15) is 30.6 Å². The monoisotopic (exact) mass is 270 g/mol. The molecule has 0 radical (unpaired) electrons. The van der Waals surface area contributed by atoms with Crippen molar-refractivity contribution in [2.75, 3.05) is 0 Å². The zero-order valence-corrected chi connectivity index (χ0v) is 11.7. The van der Waals surface area contributed by atoms with E-state index in [0.29, 0.717) is 5.56 Å². The number of phenols is 1. The van der Waals surface area contributed by atoms with E-state index in [4.69, 9.17) is 4.74 Å². The van der Waals surface area contributed by atoms with Gasteiger partial charge >= 0.3 is 5.97 Å². The molecule has 0 aliphatic heterocycles. The number of phenolic OH excluding ortho intramolecular Hbond substituents is 1. The summed E-state index contributed by atoms with van der Waals surface area (Å²) in [7, 11) is 0. The maximum Gasteiger partial charge on any atom is 0.338 e. The van der Waals surface area contributed by atoms with Crippen LogP contribution in [0.25, 0.3) is 11.1 Å². The standard InChI is InChI=1S/C17H18O3/c1-3-12(2)20-17(19)15-6-4-13(5-7-15)14-8-10-16(18)11-9-14/h4-12,18H,3H2,1-2H3/t12-/m0/s1. The Labute approximate surface area is 118 Å². The van der Waals surface area contributed by atoms with E-state index in [1.165, 1.54) is 0 Å². The van der Waals surface area contributed by atoms with E-state index < -0.39 is 0 Å². The summed E-state index contributed by atoms with van der Waals surface area (Å²) in [5, 5.41) is 9.27. The van der Waals surface area contributed by atoms with E-state index >= 15 is 0 Å². The number of hydrogen-bond donors (Lipinski definition) is 1. The van der Waals surface area contributed by atoms with Crippen molar-refractivity contribution in [3.05, 3.63) is 54.1 Å². The molecular weight excluding hydrogens is 252 g/mol. The number of benzene rings is 2. The van der Waals surface area contributed by atoms with Crippen LogP contribution in [0.4, 0.5) is 0 Å². The third kappa shape index (κ3) is 3.38. The molecule has 2 aromatic rings. The van der Waals surface area contributed by atoms with Gasteiger partial charge in [-0.3, -0.25) is 0 Å². The Morgan fingerprint density at radius 1 is 1.05 bits per heavy atom. The molecule has 0 bridgehead atoms. The second-order valence-corrected chi connectivity index (χ2v) is 4.75. The van der Waals surface area contributed by atoms with Gasteiger partial charge in [0.2, 0.25) is 0 Å². The van der Waals surface area contributed by atoms with Crippen molar-refractivity contribution in [2.45, 2.75) is 26.4 Å². The van der Waals surface area contributed by atoms with Gasteiger partial charge < -0.3 is 9.84 Å². The van der Waals surface area contributed by atoms with Crippen molar-refractivity contribution in [3.63, 3.8) is 0 Å². The predicted molar refractivity (Wildman–Crippen MR) is 78.7 cm³/mol. The quantitative estimate of drug-likeness (QED) is 0.854. The maximum atomic E-state index is 11.9. The normalized spacial score (nSPS) is 11.9. The summed E-state index contributed by atoms with van der Waals surface area (Å²) < 4.78 is 5.27. The third-order valence-corrected chi connectivity index (χ3v) is 3.20. The number of ether oxygens (including phenoxy) is 1. The second-order valence-electron chi connectivity index (χ2n) is 4.75. The predicted octanol–water partition coefficient (Wildman–Crippen LogP) is 4.01. The average Bonchev–Trinajstić information content (AvgIpc) is 2.48. The zero-order valence-electron chi connectivity index (χ0n) is 11.7. The van der Waals surface area contributed by atoms with Crippen LogP contribution < -0.4 is 0 Å². The number of carbonyl (C=O) groups excluding carboxylic acids is 1. The lowest BCUT2D eigenvalue weighted by molar-refractivity contribution is 0.0334. The smallest absolute Gasteiger partial charge is 0.338 e. The molecule has 0 aliphatic rings. The molecule has 1 N–H and O–H groups in total. The zero-order chi connectivity index (χ0) is 14.5. The molecular formula is C17H18O3. The van der Waals surface area contributed by atoms with Crippen molar-refractivity contribution in [1.82, 2.24) is 0 Å². The maximum absolute atomic E-state index is 11.9. The van der Waals surface area contributed by atoms with Crippen LogP contribution in [0.15, 0.2) is 48.5 Å². The highest BCUT2D eigenvalue weighted by Gasteiger charge is 2.10. The minimum Gasteiger partial charge on any atom is -0.508 e. The van der Waals surface area contributed by atoms with E-state index in [-0.39, 0.29) is 17.8 Å². The minimum atomic E-state index is -0.295. The molecule has 0 unspecified atom stereocenters. The van der Waals surface area contributed by atoms with E-state index in [0.717, 1.165) is 17.5 Å². The SMILES string of the molecule is CC[C@H](C)OC(=O)c1ccc(-c2ccc(O)cc2)cc1. The van der Waals surface area contributed by atoms with Crippen LogP contribution in [-0.2, 0) is 4.74 Å². The minimum absolute atomic E-state index is 0.0701. The number of esters is 1. The fraction of sp³-hybridized carbons (Fsp3) is 0.235. The Bertz CT molecular complexity index is 570. The van der Waals surface area contributed by atoms with Crippen molar-refractivity contribution < 1.29 is 14.6 Å². The summed E-state index contributed by atoms with van der Waals surface area (Å²) in [6.45, 7) is 3.86. The van der Waals surface area contributed by atoms with Crippen LogP contribution in [0, 0.1) is 0 Å². The fourth-order valence-electron chi connectivity index (χ4n) is 1.79. The molecule has 0 fully saturated rings. The van der Waals surface area contributed by atoms with Crippen molar-refractivity contribution in [1.29, 1.82) is 0 Å². The molecule has 0 heterocycles. The summed E-state index contributed by atoms with van der Waals surface area (Å²) in [5.74, 6) is -0.0564. The lowest BCUT2D eigenvalue weighted by Crippen LogP contribution is -2.13. The number of rotatable bonds is 4. The molecule has 3 nitrogen and oxygen atoms in total. The Morgan fingerprint density at radius 2 is 1.55 bits per heavy atom. The molecule has 0 saturated carbocycles. The van der Waals surface area contributed by atoms with Gasteiger partial charge in [-0.05, 0) is 48.7 Å². The molecule has 20 heavy (non-hydrogen) atoms. The Kier molecular flexibility index (Phi) is 4.41. The van der Waals surface area contributed by atoms with E-state index in [1.807, 2.05) is 38.1 Å². The Morgan fingerprint density at radius 3 is 2.05 bits per heavy atom. The molecule has 0 aromatic heterocycles. The summed E-state index contributed by atoms with van der Waals surface area (Å²) in [6, 6.07) is 14.2. The van der Waals surface area contributed by atoms with Crippen LogP contribution in [0.5, 0.6) is 5.75 Å². The van der Waals surface area contributed by atoms with Crippen molar-refractivity contribution in [3.8, 4) is 16.9 Å². The van der Waals surface area contributed by atoms with Gasteiger partial charge in [-0.25, -0.2) is 4.79 Å². The molecule has 2 aromatic carbocycles. The molecule has 2 rings (SSSR count). The third-order valence-electron chi connectivity index (χ3n) is 3.20. The highest BCUT2D eigenvalue weighted by atomic mass is 16.5. The van der Waals surface area contributed by atoms with Gasteiger partial charge in [0.25, 0.3) is 0 Å². The molecule has 1 atom stereocenters. The van der Waals surface area contributed by atoms with E-state index in [9.17, 15) is 9.90 Å². The van der Waals surface area contributed by atoms with Crippen LogP contribution in [0.2, 0.25) is 0 Å². The van der Waals surface area contributed by atoms with Crippen molar-refractivity contribution in [2.24, 2.45) is 0 Å². The highest BCUT2D eigenvalue weighted by molar-refractivity contribution is 5.90. The molecule has 0 amide bonds. The van der Waals surface area contributed by atoms with Gasteiger partial charge in [-0.15, -0.1) is 0 Å². The topological polar surface area (TPSA) is 46.5 Å². The van der Waals surface area contributed by atoms with Gasteiger partial charge in [0.15, 0.2) is 0 Å². The highest BCUT2D eigenvalue weighted by Crippen LogP contribution is 2.22. The first-order valence-electron chi connectivity index (χ1n) is 6.70. The van der Waals surface area contributed by atoms with Crippen LogP contribution >= 0.6 is 0 Å². The number of carbonyl (C=O) groups is 1.